The Bertz CT molecular complexity index is 276. The average molecular weight is 596 g/mol. The summed E-state index contributed by atoms with van der Waals surface area (Å²) < 4.78 is 15.3. The maximum absolute atomic E-state index is 11.1. The van der Waals surface area contributed by atoms with Gasteiger partial charge in [-0.2, -0.15) is 0 Å². The quantitative estimate of drug-likeness (QED) is 0.182. The topological polar surface area (TPSA) is 78.9 Å². The zero-order valence-corrected chi connectivity index (χ0v) is 15.7. The molecule has 0 aliphatic heterocycles. The van der Waals surface area contributed by atoms with E-state index in [0.717, 1.165) is 0 Å². The highest BCUT2D eigenvalue weighted by molar-refractivity contribution is 14.1. The third-order valence-electron chi connectivity index (χ3n) is 1.49. The van der Waals surface area contributed by atoms with Crippen LogP contribution in [-0.4, -0.2) is 50.5 Å². The Hall–Kier alpha value is 0.600. The van der Waals surface area contributed by atoms with Gasteiger partial charge in [-0.1, -0.05) is 67.8 Å². The predicted molar refractivity (Wildman–Crippen MR) is 88.5 cm³/mol. The van der Waals surface area contributed by atoms with Crippen molar-refractivity contribution < 1.29 is 28.6 Å². The van der Waals surface area contributed by atoms with Crippen molar-refractivity contribution in [2.45, 2.75) is 6.10 Å². The average Bonchev–Trinajstić information content (AvgIpc) is 2.40. The van der Waals surface area contributed by atoms with Crippen molar-refractivity contribution in [1.29, 1.82) is 0 Å². The molecule has 0 bridgehead atoms. The molecule has 0 heterocycles. The van der Waals surface area contributed by atoms with Crippen LogP contribution < -0.4 is 0 Å². The zero-order chi connectivity index (χ0) is 14.0. The highest BCUT2D eigenvalue weighted by atomic mass is 127. The summed E-state index contributed by atoms with van der Waals surface area (Å²) in [5.74, 6) is -1.27. The van der Waals surface area contributed by atoms with Gasteiger partial charge in [-0.05, 0) is 0 Å². The summed E-state index contributed by atoms with van der Waals surface area (Å²) in [6, 6.07) is 0. The Morgan fingerprint density at radius 2 is 1.17 bits per heavy atom. The highest BCUT2D eigenvalue weighted by Crippen LogP contribution is 2.01. The lowest BCUT2D eigenvalue weighted by Gasteiger charge is -2.17. The van der Waals surface area contributed by atoms with Gasteiger partial charge < -0.3 is 14.2 Å². The number of carbonyl (C=O) groups is 3. The molecule has 0 aromatic heterocycles. The smallest absolute Gasteiger partial charge is 0.316 e. The van der Waals surface area contributed by atoms with Gasteiger partial charge in [-0.25, -0.2) is 0 Å². The number of hydrogen-bond acceptors (Lipinski definition) is 6. The van der Waals surface area contributed by atoms with Crippen molar-refractivity contribution in [3.63, 3.8) is 0 Å². The number of carbonyl (C=O) groups excluding carboxylic acids is 3. The number of hydrogen-bond donors (Lipinski definition) is 0. The van der Waals surface area contributed by atoms with Gasteiger partial charge in [0.2, 0.25) is 0 Å². The van der Waals surface area contributed by atoms with Crippen LogP contribution in [0.5, 0.6) is 0 Å². The lowest BCUT2D eigenvalue weighted by molar-refractivity contribution is -0.162. The fourth-order valence-electron chi connectivity index (χ4n) is 0.782. The number of alkyl halides is 3. The number of ether oxygens (including phenoxy) is 3. The van der Waals surface area contributed by atoms with Crippen molar-refractivity contribution in [2.75, 3.05) is 26.5 Å². The fraction of sp³-hybridized carbons (Fsp3) is 0.667. The summed E-state index contributed by atoms with van der Waals surface area (Å²) in [6.45, 7) is -0.225. The molecule has 0 aromatic carbocycles. The molecular weight excluding hydrogens is 585 g/mol. The van der Waals surface area contributed by atoms with E-state index in [-0.39, 0.29) is 26.5 Å². The summed E-state index contributed by atoms with van der Waals surface area (Å²) in [6.07, 6.45) is -0.758. The van der Waals surface area contributed by atoms with Crippen LogP contribution in [0.1, 0.15) is 0 Å². The van der Waals surface area contributed by atoms with Gasteiger partial charge >= 0.3 is 17.9 Å². The van der Waals surface area contributed by atoms with Crippen LogP contribution in [0.25, 0.3) is 0 Å². The van der Waals surface area contributed by atoms with Gasteiger partial charge in [-0.15, -0.1) is 0 Å². The molecule has 0 rings (SSSR count). The van der Waals surface area contributed by atoms with Crippen molar-refractivity contribution in [3.05, 3.63) is 0 Å². The Morgan fingerprint density at radius 1 is 0.778 bits per heavy atom. The minimum Gasteiger partial charge on any atom is -0.461 e. The first-order valence-electron chi connectivity index (χ1n) is 4.72. The second kappa shape index (κ2) is 11.4. The third kappa shape index (κ3) is 9.52. The first-order chi connectivity index (χ1) is 8.53. The molecule has 18 heavy (non-hydrogen) atoms. The molecule has 0 saturated carbocycles. The Morgan fingerprint density at radius 3 is 1.50 bits per heavy atom. The van der Waals surface area contributed by atoms with Crippen molar-refractivity contribution >= 4 is 85.7 Å². The van der Waals surface area contributed by atoms with E-state index in [0.29, 0.717) is 0 Å². The van der Waals surface area contributed by atoms with Crippen LogP contribution in [-0.2, 0) is 28.6 Å². The van der Waals surface area contributed by atoms with Gasteiger partial charge in [0, 0.05) is 0 Å². The molecule has 104 valence electrons. The van der Waals surface area contributed by atoms with E-state index in [1.165, 1.54) is 0 Å². The van der Waals surface area contributed by atoms with Crippen LogP contribution in [0.15, 0.2) is 0 Å². The molecule has 9 heteroatoms. The molecule has 0 aliphatic carbocycles. The highest BCUT2D eigenvalue weighted by Gasteiger charge is 2.18. The molecule has 0 spiro atoms. The largest absolute Gasteiger partial charge is 0.461 e. The van der Waals surface area contributed by atoms with Gasteiger partial charge in [0.1, 0.15) is 13.2 Å². The fourth-order valence-corrected chi connectivity index (χ4v) is 1.40. The second-order valence-corrected chi connectivity index (χ2v) is 5.17. The Labute approximate surface area is 145 Å². The van der Waals surface area contributed by atoms with E-state index in [2.05, 4.69) is 0 Å². The van der Waals surface area contributed by atoms with E-state index in [1.54, 1.807) is 0 Å². The minimum atomic E-state index is -0.758. The summed E-state index contributed by atoms with van der Waals surface area (Å²) >= 11 is 5.58. The molecule has 0 unspecified atom stereocenters. The van der Waals surface area contributed by atoms with Crippen LogP contribution in [0.4, 0.5) is 0 Å². The third-order valence-corrected chi connectivity index (χ3v) is 3.35. The minimum absolute atomic E-state index is 0.112. The molecule has 0 N–H and O–H groups in total. The predicted octanol–water partition coefficient (Wildman–Crippen LogP) is 1.29. The van der Waals surface area contributed by atoms with E-state index in [1.807, 2.05) is 67.8 Å². The molecule has 0 atom stereocenters. The molecule has 0 amide bonds. The molecule has 0 aliphatic rings. The number of halogens is 3. The van der Waals surface area contributed by atoms with Gasteiger partial charge in [-0.3, -0.25) is 14.4 Å². The Balaban J connectivity index is 4.19. The first-order valence-corrected chi connectivity index (χ1v) is 9.29. The number of esters is 3. The molecular formula is C9H11I3O6. The molecule has 6 nitrogen and oxygen atoms in total. The van der Waals surface area contributed by atoms with Crippen molar-refractivity contribution in [1.82, 2.24) is 0 Å². The van der Waals surface area contributed by atoms with Gasteiger partial charge in [0.15, 0.2) is 6.10 Å². The SMILES string of the molecule is O=C(CI)OCC(COC(=O)CI)OC(=O)CI. The lowest BCUT2D eigenvalue weighted by Crippen LogP contribution is -2.31. The maximum atomic E-state index is 11.1. The maximum Gasteiger partial charge on any atom is 0.316 e. The van der Waals surface area contributed by atoms with E-state index < -0.39 is 24.0 Å². The van der Waals surface area contributed by atoms with Crippen LogP contribution in [0.2, 0.25) is 0 Å². The molecule has 0 aromatic rings. The van der Waals surface area contributed by atoms with E-state index >= 15 is 0 Å². The summed E-state index contributed by atoms with van der Waals surface area (Å²) in [5, 5.41) is 0. The lowest BCUT2D eigenvalue weighted by atomic mass is 10.4. The standard InChI is InChI=1S/C9H11I3O6/c10-1-7(13)16-4-6(18-9(15)3-12)5-17-8(14)2-11/h6H,1-5H2. The summed E-state index contributed by atoms with van der Waals surface area (Å²) in [5.41, 5.74) is 0. The normalized spacial score (nSPS) is 10.0. The van der Waals surface area contributed by atoms with Crippen molar-refractivity contribution in [2.24, 2.45) is 0 Å². The monoisotopic (exact) mass is 596 g/mol. The summed E-state index contributed by atoms with van der Waals surface area (Å²) in [7, 11) is 0. The molecule has 0 radical (unpaired) electrons. The van der Waals surface area contributed by atoms with Gasteiger partial charge in [0.25, 0.3) is 0 Å². The second-order valence-electron chi connectivity index (χ2n) is 2.88. The van der Waals surface area contributed by atoms with Crippen LogP contribution in [0, 0.1) is 0 Å². The summed E-state index contributed by atoms with van der Waals surface area (Å²) in [4.78, 5) is 33.1. The number of rotatable bonds is 8. The van der Waals surface area contributed by atoms with Crippen LogP contribution >= 0.6 is 67.8 Å². The van der Waals surface area contributed by atoms with E-state index in [9.17, 15) is 14.4 Å². The van der Waals surface area contributed by atoms with Crippen molar-refractivity contribution in [3.8, 4) is 0 Å². The molecule has 0 saturated heterocycles. The van der Waals surface area contributed by atoms with Crippen LogP contribution in [0.3, 0.4) is 0 Å². The molecule has 0 fully saturated rings. The Kier molecular flexibility index (Phi) is 11.8. The zero-order valence-electron chi connectivity index (χ0n) is 9.20. The van der Waals surface area contributed by atoms with E-state index in [4.69, 9.17) is 14.2 Å². The first kappa shape index (κ1) is 18.6. The van der Waals surface area contributed by atoms with Gasteiger partial charge in [0.05, 0.1) is 13.3 Å².